The SMILES string of the molecule is O=C(Cn1nc(C(F)(F)F)c2c1CCC2)Nc1cnccc1CO. The largest absolute Gasteiger partial charge is 0.435 e. The lowest BCUT2D eigenvalue weighted by atomic mass is 10.2. The van der Waals surface area contributed by atoms with E-state index in [1.165, 1.54) is 12.4 Å². The predicted octanol–water partition coefficient (Wildman–Crippen LogP) is 1.92. The number of fused-ring (bicyclic) bond motifs is 1. The number of nitrogens with zero attached hydrogens (tertiary/aromatic N) is 3. The number of hydrogen-bond acceptors (Lipinski definition) is 4. The van der Waals surface area contributed by atoms with Crippen molar-refractivity contribution in [2.45, 2.75) is 38.6 Å². The van der Waals surface area contributed by atoms with Crippen LogP contribution in [-0.2, 0) is 37.0 Å². The third kappa shape index (κ3) is 3.12. The summed E-state index contributed by atoms with van der Waals surface area (Å²) >= 11 is 0. The summed E-state index contributed by atoms with van der Waals surface area (Å²) in [7, 11) is 0. The Hall–Kier alpha value is -2.42. The molecular weight excluding hydrogens is 325 g/mol. The normalized spacial score (nSPS) is 13.8. The minimum atomic E-state index is -4.52. The zero-order chi connectivity index (χ0) is 17.3. The summed E-state index contributed by atoms with van der Waals surface area (Å²) in [5.41, 5.74) is 0.545. The summed E-state index contributed by atoms with van der Waals surface area (Å²) in [5.74, 6) is -0.524. The highest BCUT2D eigenvalue weighted by molar-refractivity contribution is 5.91. The highest BCUT2D eigenvalue weighted by atomic mass is 19.4. The van der Waals surface area contributed by atoms with Gasteiger partial charge in [-0.05, 0) is 25.3 Å². The van der Waals surface area contributed by atoms with E-state index in [0.717, 1.165) is 4.68 Å². The maximum atomic E-state index is 13.0. The van der Waals surface area contributed by atoms with Crippen LogP contribution in [0.15, 0.2) is 18.5 Å². The monoisotopic (exact) mass is 340 g/mol. The Morgan fingerprint density at radius 1 is 1.38 bits per heavy atom. The number of carbonyl (C=O) groups is 1. The number of carbonyl (C=O) groups excluding carboxylic acids is 1. The van der Waals surface area contributed by atoms with Gasteiger partial charge >= 0.3 is 6.18 Å². The molecule has 2 N–H and O–H groups in total. The van der Waals surface area contributed by atoms with E-state index in [4.69, 9.17) is 0 Å². The fraction of sp³-hybridized carbons (Fsp3) is 0.400. The number of nitrogens with one attached hydrogen (secondary N) is 1. The van der Waals surface area contributed by atoms with Gasteiger partial charge in [0.05, 0.1) is 18.5 Å². The molecule has 0 bridgehead atoms. The summed E-state index contributed by atoms with van der Waals surface area (Å²) < 4.78 is 40.2. The van der Waals surface area contributed by atoms with Gasteiger partial charge in [0.25, 0.3) is 0 Å². The van der Waals surface area contributed by atoms with Crippen molar-refractivity contribution in [3.63, 3.8) is 0 Å². The van der Waals surface area contributed by atoms with Gasteiger partial charge in [0.1, 0.15) is 6.54 Å². The van der Waals surface area contributed by atoms with Gasteiger partial charge in [-0.1, -0.05) is 0 Å². The summed E-state index contributed by atoms with van der Waals surface area (Å²) in [6, 6.07) is 1.54. The van der Waals surface area contributed by atoms with E-state index in [0.29, 0.717) is 36.2 Å². The molecular formula is C15H15F3N4O2. The first-order valence-electron chi connectivity index (χ1n) is 7.39. The van der Waals surface area contributed by atoms with Crippen molar-refractivity contribution >= 4 is 11.6 Å². The highest BCUT2D eigenvalue weighted by Gasteiger charge is 2.40. The number of aliphatic hydroxyl groups is 1. The van der Waals surface area contributed by atoms with E-state index in [-0.39, 0.29) is 18.7 Å². The van der Waals surface area contributed by atoms with E-state index < -0.39 is 17.8 Å². The van der Waals surface area contributed by atoms with Crippen molar-refractivity contribution in [1.29, 1.82) is 0 Å². The molecule has 0 aromatic carbocycles. The molecule has 6 nitrogen and oxygen atoms in total. The van der Waals surface area contributed by atoms with Gasteiger partial charge in [-0.3, -0.25) is 14.5 Å². The number of anilines is 1. The van der Waals surface area contributed by atoms with Crippen LogP contribution in [0.5, 0.6) is 0 Å². The Balaban J connectivity index is 1.80. The molecule has 1 aliphatic rings. The number of amides is 1. The second-order valence-corrected chi connectivity index (χ2v) is 5.52. The average Bonchev–Trinajstić information content (AvgIpc) is 3.10. The van der Waals surface area contributed by atoms with Gasteiger partial charge in [-0.15, -0.1) is 0 Å². The van der Waals surface area contributed by atoms with Gasteiger partial charge in [0, 0.05) is 23.0 Å². The van der Waals surface area contributed by atoms with Crippen LogP contribution in [-0.4, -0.2) is 25.8 Å². The Morgan fingerprint density at radius 2 is 2.17 bits per heavy atom. The van der Waals surface area contributed by atoms with Crippen LogP contribution in [0, 0.1) is 0 Å². The Kier molecular flexibility index (Phi) is 4.27. The van der Waals surface area contributed by atoms with Crippen molar-refractivity contribution in [2.24, 2.45) is 0 Å². The lowest BCUT2D eigenvalue weighted by molar-refractivity contribution is -0.142. The molecule has 2 aromatic heterocycles. The van der Waals surface area contributed by atoms with Crippen molar-refractivity contribution in [3.05, 3.63) is 41.0 Å². The van der Waals surface area contributed by atoms with Crippen LogP contribution in [0.4, 0.5) is 18.9 Å². The standard InChI is InChI=1S/C15H15F3N4O2/c16-15(17,18)14-10-2-1-3-12(10)22(21-14)7-13(24)20-11-6-19-5-4-9(11)8-23/h4-6,23H,1-3,7-8H2,(H,20,24). The third-order valence-electron chi connectivity index (χ3n) is 3.92. The fourth-order valence-corrected chi connectivity index (χ4v) is 2.87. The molecule has 0 fully saturated rings. The van der Waals surface area contributed by atoms with Crippen LogP contribution in [0.25, 0.3) is 0 Å². The number of aromatic nitrogens is 3. The molecule has 128 valence electrons. The predicted molar refractivity (Wildman–Crippen MR) is 78.0 cm³/mol. The molecule has 0 radical (unpaired) electrons. The zero-order valence-corrected chi connectivity index (χ0v) is 12.6. The summed E-state index contributed by atoms with van der Waals surface area (Å²) in [6.07, 6.45) is -0.266. The van der Waals surface area contributed by atoms with Crippen molar-refractivity contribution in [1.82, 2.24) is 14.8 Å². The molecule has 9 heteroatoms. The molecule has 0 saturated heterocycles. The molecule has 1 amide bonds. The van der Waals surface area contributed by atoms with Gasteiger partial charge < -0.3 is 10.4 Å². The quantitative estimate of drug-likeness (QED) is 0.891. The van der Waals surface area contributed by atoms with Crippen LogP contribution in [0.2, 0.25) is 0 Å². The molecule has 2 aromatic rings. The molecule has 1 aliphatic carbocycles. The van der Waals surface area contributed by atoms with Gasteiger partial charge in [-0.25, -0.2) is 0 Å². The molecule has 2 heterocycles. The van der Waals surface area contributed by atoms with Crippen molar-refractivity contribution in [3.8, 4) is 0 Å². The first kappa shape index (κ1) is 16.4. The Bertz CT molecular complexity index is 771. The summed E-state index contributed by atoms with van der Waals surface area (Å²) in [4.78, 5) is 16.0. The molecule has 0 aliphatic heterocycles. The molecule has 3 rings (SSSR count). The fourth-order valence-electron chi connectivity index (χ4n) is 2.87. The van der Waals surface area contributed by atoms with Gasteiger partial charge in [-0.2, -0.15) is 18.3 Å². The number of aliphatic hydroxyl groups excluding tert-OH is 1. The molecule has 0 saturated carbocycles. The molecule has 0 spiro atoms. The molecule has 0 unspecified atom stereocenters. The lowest BCUT2D eigenvalue weighted by Gasteiger charge is -2.10. The van der Waals surface area contributed by atoms with E-state index in [1.54, 1.807) is 6.07 Å². The van der Waals surface area contributed by atoms with E-state index >= 15 is 0 Å². The van der Waals surface area contributed by atoms with Gasteiger partial charge in [0.15, 0.2) is 5.69 Å². The van der Waals surface area contributed by atoms with Gasteiger partial charge in [0.2, 0.25) is 5.91 Å². The second kappa shape index (κ2) is 6.23. The Morgan fingerprint density at radius 3 is 2.88 bits per heavy atom. The third-order valence-corrected chi connectivity index (χ3v) is 3.92. The summed E-state index contributed by atoms with van der Waals surface area (Å²) in [5, 5.41) is 15.4. The molecule has 0 atom stereocenters. The highest BCUT2D eigenvalue weighted by Crippen LogP contribution is 2.36. The van der Waals surface area contributed by atoms with Crippen LogP contribution in [0.1, 0.15) is 28.9 Å². The minimum Gasteiger partial charge on any atom is -0.392 e. The van der Waals surface area contributed by atoms with E-state index in [9.17, 15) is 23.1 Å². The summed E-state index contributed by atoms with van der Waals surface area (Å²) in [6.45, 7) is -0.605. The molecule has 24 heavy (non-hydrogen) atoms. The maximum Gasteiger partial charge on any atom is 0.435 e. The average molecular weight is 340 g/mol. The first-order chi connectivity index (χ1) is 11.4. The van der Waals surface area contributed by atoms with Crippen LogP contribution < -0.4 is 5.32 Å². The zero-order valence-electron chi connectivity index (χ0n) is 12.6. The smallest absolute Gasteiger partial charge is 0.392 e. The maximum absolute atomic E-state index is 13.0. The number of pyridine rings is 1. The number of hydrogen-bond donors (Lipinski definition) is 2. The first-order valence-corrected chi connectivity index (χ1v) is 7.39. The second-order valence-electron chi connectivity index (χ2n) is 5.52. The lowest BCUT2D eigenvalue weighted by Crippen LogP contribution is -2.22. The van der Waals surface area contributed by atoms with E-state index in [1.807, 2.05) is 0 Å². The Labute approximate surface area is 135 Å². The van der Waals surface area contributed by atoms with Crippen LogP contribution >= 0.6 is 0 Å². The number of rotatable bonds is 4. The van der Waals surface area contributed by atoms with Crippen molar-refractivity contribution < 1.29 is 23.1 Å². The number of halogens is 3. The number of alkyl halides is 3. The van der Waals surface area contributed by atoms with E-state index in [2.05, 4.69) is 15.4 Å². The minimum absolute atomic E-state index is 0.188. The van der Waals surface area contributed by atoms with Crippen LogP contribution in [0.3, 0.4) is 0 Å². The van der Waals surface area contributed by atoms with Crippen molar-refractivity contribution in [2.75, 3.05) is 5.32 Å². The topological polar surface area (TPSA) is 80.0 Å².